The van der Waals surface area contributed by atoms with E-state index in [0.29, 0.717) is 19.6 Å². The smallest absolute Gasteiger partial charge is 0.342 e. The number of hydrogen-bond donors (Lipinski definition) is 0. The maximum Gasteiger partial charge on any atom is 0.401 e. The van der Waals surface area contributed by atoms with Gasteiger partial charge in [0.1, 0.15) is 0 Å². The van der Waals surface area contributed by atoms with Crippen LogP contribution in [0.1, 0.15) is 5.69 Å². The maximum absolute atomic E-state index is 12.4. The lowest BCUT2D eigenvalue weighted by molar-refractivity contribution is -0.148. The highest BCUT2D eigenvalue weighted by Gasteiger charge is 2.32. The fourth-order valence-corrected chi connectivity index (χ4v) is 2.60. The van der Waals surface area contributed by atoms with Gasteiger partial charge in [0, 0.05) is 30.8 Å². The van der Waals surface area contributed by atoms with Gasteiger partial charge in [0.2, 0.25) is 0 Å². The van der Waals surface area contributed by atoms with Crippen LogP contribution in [-0.2, 0) is 13.1 Å². The van der Waals surface area contributed by atoms with E-state index in [1.54, 1.807) is 0 Å². The number of benzene rings is 1. The van der Waals surface area contributed by atoms with E-state index in [4.69, 9.17) is 0 Å². The number of para-hydroxylation sites is 1. The first kappa shape index (κ1) is 11.6. The number of aromatic nitrogens is 1. The fourth-order valence-electron chi connectivity index (χ4n) is 2.60. The molecule has 2 heterocycles. The lowest BCUT2D eigenvalue weighted by Gasteiger charge is -2.29. The van der Waals surface area contributed by atoms with Crippen molar-refractivity contribution >= 4 is 10.9 Å². The summed E-state index contributed by atoms with van der Waals surface area (Å²) in [6.45, 7) is 0.618. The Labute approximate surface area is 103 Å². The average Bonchev–Trinajstić information content (AvgIpc) is 2.64. The largest absolute Gasteiger partial charge is 0.401 e. The summed E-state index contributed by atoms with van der Waals surface area (Å²) in [5.74, 6) is 0. The second kappa shape index (κ2) is 4.02. The Morgan fingerprint density at radius 3 is 2.67 bits per heavy atom. The van der Waals surface area contributed by atoms with E-state index in [2.05, 4.69) is 4.57 Å². The van der Waals surface area contributed by atoms with Crippen LogP contribution >= 0.6 is 0 Å². The third kappa shape index (κ3) is 2.10. The second-order valence-electron chi connectivity index (χ2n) is 4.67. The second-order valence-corrected chi connectivity index (χ2v) is 4.67. The van der Waals surface area contributed by atoms with Gasteiger partial charge in [-0.2, -0.15) is 13.2 Å². The van der Waals surface area contributed by atoms with Crippen molar-refractivity contribution in [3.8, 4) is 0 Å². The summed E-state index contributed by atoms with van der Waals surface area (Å²) >= 11 is 0. The molecule has 0 saturated carbocycles. The van der Waals surface area contributed by atoms with Crippen molar-refractivity contribution in [2.75, 3.05) is 13.1 Å². The summed E-state index contributed by atoms with van der Waals surface area (Å²) < 4.78 is 39.2. The molecule has 1 aliphatic rings. The minimum atomic E-state index is -4.12. The molecule has 1 aliphatic heterocycles. The molecule has 96 valence electrons. The van der Waals surface area contributed by atoms with Crippen LogP contribution in [0.15, 0.2) is 30.3 Å². The Morgan fingerprint density at radius 2 is 1.89 bits per heavy atom. The van der Waals surface area contributed by atoms with Crippen LogP contribution in [0.25, 0.3) is 10.9 Å². The third-order valence-corrected chi connectivity index (χ3v) is 3.32. The minimum absolute atomic E-state index is 0.369. The molecule has 0 N–H and O–H groups in total. The Bertz CT molecular complexity index is 571. The van der Waals surface area contributed by atoms with Gasteiger partial charge in [-0.05, 0) is 17.5 Å². The molecular formula is C13H13F3N2. The molecule has 5 heteroatoms. The van der Waals surface area contributed by atoms with Crippen molar-refractivity contribution < 1.29 is 13.2 Å². The van der Waals surface area contributed by atoms with Gasteiger partial charge in [0.15, 0.2) is 0 Å². The molecule has 2 aromatic rings. The zero-order chi connectivity index (χ0) is 12.8. The number of halogens is 3. The average molecular weight is 254 g/mol. The summed E-state index contributed by atoms with van der Waals surface area (Å²) in [4.78, 5) is 1.45. The molecule has 0 saturated heterocycles. The number of alkyl halides is 3. The fraction of sp³-hybridized carbons (Fsp3) is 0.385. The summed E-state index contributed by atoms with van der Waals surface area (Å²) in [5.41, 5.74) is 2.07. The molecule has 0 unspecified atom stereocenters. The highest BCUT2D eigenvalue weighted by Crippen LogP contribution is 2.26. The number of hydrogen-bond acceptors (Lipinski definition) is 1. The van der Waals surface area contributed by atoms with E-state index in [0.717, 1.165) is 16.6 Å². The summed E-state index contributed by atoms with van der Waals surface area (Å²) in [6.07, 6.45) is -4.12. The van der Waals surface area contributed by atoms with Crippen LogP contribution in [-0.4, -0.2) is 28.7 Å². The molecule has 0 fully saturated rings. The van der Waals surface area contributed by atoms with Gasteiger partial charge in [0.05, 0.1) is 6.54 Å². The molecule has 0 amide bonds. The molecule has 1 aromatic carbocycles. The van der Waals surface area contributed by atoms with Crippen LogP contribution in [0.5, 0.6) is 0 Å². The van der Waals surface area contributed by atoms with Crippen LogP contribution in [0.3, 0.4) is 0 Å². The predicted octanol–water partition coefficient (Wildman–Crippen LogP) is 3.02. The van der Waals surface area contributed by atoms with E-state index >= 15 is 0 Å². The maximum atomic E-state index is 12.4. The molecule has 0 radical (unpaired) electrons. The molecule has 18 heavy (non-hydrogen) atoms. The van der Waals surface area contributed by atoms with E-state index in [-0.39, 0.29) is 0 Å². The zero-order valence-corrected chi connectivity index (χ0v) is 9.74. The van der Waals surface area contributed by atoms with Crippen molar-refractivity contribution in [1.29, 1.82) is 0 Å². The van der Waals surface area contributed by atoms with Crippen molar-refractivity contribution in [3.05, 3.63) is 36.0 Å². The predicted molar refractivity (Wildman–Crippen MR) is 63.3 cm³/mol. The Morgan fingerprint density at radius 1 is 1.11 bits per heavy atom. The van der Waals surface area contributed by atoms with E-state index in [9.17, 15) is 13.2 Å². The highest BCUT2D eigenvalue weighted by molar-refractivity contribution is 5.81. The molecule has 0 atom stereocenters. The molecule has 0 bridgehead atoms. The normalized spacial score (nSPS) is 17.1. The first-order valence-electron chi connectivity index (χ1n) is 5.89. The Balaban J connectivity index is 1.89. The summed E-state index contributed by atoms with van der Waals surface area (Å²) in [7, 11) is 0. The van der Waals surface area contributed by atoms with Gasteiger partial charge in [-0.1, -0.05) is 18.2 Å². The molecule has 1 aromatic heterocycles. The molecule has 0 aliphatic carbocycles. The molecule has 2 nitrogen and oxygen atoms in total. The molecule has 3 rings (SSSR count). The standard InChI is InChI=1S/C13H13F3N2/c14-13(15,16)9-17-5-6-18-11(8-17)7-10-3-1-2-4-12(10)18/h1-4,7H,5-6,8-9H2. The number of rotatable bonds is 1. The zero-order valence-electron chi connectivity index (χ0n) is 9.74. The van der Waals surface area contributed by atoms with Gasteiger partial charge in [0.25, 0.3) is 0 Å². The van der Waals surface area contributed by atoms with Crippen LogP contribution in [0, 0.1) is 0 Å². The topological polar surface area (TPSA) is 8.17 Å². The lowest BCUT2D eigenvalue weighted by atomic mass is 10.2. The highest BCUT2D eigenvalue weighted by atomic mass is 19.4. The minimum Gasteiger partial charge on any atom is -0.342 e. The van der Waals surface area contributed by atoms with Gasteiger partial charge < -0.3 is 4.57 Å². The first-order valence-corrected chi connectivity index (χ1v) is 5.89. The van der Waals surface area contributed by atoms with Crippen molar-refractivity contribution in [1.82, 2.24) is 9.47 Å². The Hall–Kier alpha value is -1.49. The third-order valence-electron chi connectivity index (χ3n) is 3.32. The number of fused-ring (bicyclic) bond motifs is 3. The van der Waals surface area contributed by atoms with Crippen LogP contribution < -0.4 is 0 Å². The van der Waals surface area contributed by atoms with E-state index < -0.39 is 12.7 Å². The van der Waals surface area contributed by atoms with E-state index in [1.807, 2.05) is 30.3 Å². The first-order chi connectivity index (χ1) is 8.53. The van der Waals surface area contributed by atoms with Crippen molar-refractivity contribution in [2.24, 2.45) is 0 Å². The Kier molecular flexibility index (Phi) is 2.59. The van der Waals surface area contributed by atoms with Gasteiger partial charge in [-0.3, -0.25) is 4.90 Å². The summed E-state index contributed by atoms with van der Waals surface area (Å²) in [5, 5.41) is 1.10. The lowest BCUT2D eigenvalue weighted by Crippen LogP contribution is -2.39. The van der Waals surface area contributed by atoms with Crippen molar-refractivity contribution in [3.63, 3.8) is 0 Å². The van der Waals surface area contributed by atoms with Crippen LogP contribution in [0.4, 0.5) is 13.2 Å². The van der Waals surface area contributed by atoms with Crippen molar-refractivity contribution in [2.45, 2.75) is 19.3 Å². The SMILES string of the molecule is FC(F)(F)CN1CCn2c(cc3ccccc32)C1. The monoisotopic (exact) mass is 254 g/mol. The van der Waals surface area contributed by atoms with E-state index in [1.165, 1.54) is 4.90 Å². The van der Waals surface area contributed by atoms with Crippen LogP contribution in [0.2, 0.25) is 0 Å². The van der Waals surface area contributed by atoms with Gasteiger partial charge in [-0.15, -0.1) is 0 Å². The number of nitrogens with zero attached hydrogens (tertiary/aromatic N) is 2. The summed E-state index contributed by atoms with van der Waals surface area (Å²) in [6, 6.07) is 9.89. The molecular weight excluding hydrogens is 241 g/mol. The van der Waals surface area contributed by atoms with Gasteiger partial charge >= 0.3 is 6.18 Å². The molecule has 0 spiro atoms. The van der Waals surface area contributed by atoms with Gasteiger partial charge in [-0.25, -0.2) is 0 Å². The quantitative estimate of drug-likeness (QED) is 0.759.